The molecule has 0 aliphatic carbocycles. The molecule has 136 valence electrons. The number of hydrogen-bond donors (Lipinski definition) is 0. The molecule has 0 atom stereocenters. The summed E-state index contributed by atoms with van der Waals surface area (Å²) in [6, 6.07) is 0. The summed E-state index contributed by atoms with van der Waals surface area (Å²) in [6.45, 7) is 9.21. The Hall–Kier alpha value is -1.06. The summed E-state index contributed by atoms with van der Waals surface area (Å²) >= 11 is 0. The number of ether oxygens (including phenoxy) is 2. The van der Waals surface area contributed by atoms with Crippen LogP contribution in [0.25, 0.3) is 0 Å². The van der Waals surface area contributed by atoms with Crippen LogP contribution in [0, 0.1) is 11.8 Å². The van der Waals surface area contributed by atoms with Crippen LogP contribution in [-0.2, 0) is 19.1 Å². The molecule has 4 heteroatoms. The van der Waals surface area contributed by atoms with Crippen molar-refractivity contribution in [1.82, 2.24) is 0 Å². The van der Waals surface area contributed by atoms with E-state index >= 15 is 0 Å². The summed E-state index contributed by atoms with van der Waals surface area (Å²) in [4.78, 5) is 22.8. The molecule has 0 aromatic heterocycles. The maximum Gasteiger partial charge on any atom is 0.305 e. The number of carbonyl (C=O) groups excluding carboxylic acids is 2. The minimum Gasteiger partial charge on any atom is -0.465 e. The molecular weight excluding hydrogens is 292 g/mol. The third-order valence-corrected chi connectivity index (χ3v) is 3.42. The lowest BCUT2D eigenvalue weighted by Crippen LogP contribution is -2.09. The van der Waals surface area contributed by atoms with E-state index in [0.717, 1.165) is 38.5 Å². The predicted octanol–water partition coefficient (Wildman–Crippen LogP) is 4.90. The third-order valence-electron chi connectivity index (χ3n) is 3.42. The Morgan fingerprint density at radius 3 is 1.22 bits per heavy atom. The number of carbonyl (C=O) groups is 2. The molecule has 0 radical (unpaired) electrons. The van der Waals surface area contributed by atoms with E-state index in [-0.39, 0.29) is 11.9 Å². The lowest BCUT2D eigenvalue weighted by molar-refractivity contribution is -0.145. The minimum atomic E-state index is -0.0707. The Balaban J connectivity index is 3.27. The van der Waals surface area contributed by atoms with Gasteiger partial charge in [-0.25, -0.2) is 0 Å². The third kappa shape index (κ3) is 17.1. The van der Waals surface area contributed by atoms with Gasteiger partial charge in [-0.15, -0.1) is 0 Å². The molecule has 0 aliphatic heterocycles. The Morgan fingerprint density at radius 1 is 0.609 bits per heavy atom. The van der Waals surface area contributed by atoms with E-state index in [4.69, 9.17) is 9.47 Å². The van der Waals surface area contributed by atoms with Gasteiger partial charge in [0.15, 0.2) is 0 Å². The molecule has 0 unspecified atom stereocenters. The van der Waals surface area contributed by atoms with Crippen LogP contribution in [0.15, 0.2) is 0 Å². The smallest absolute Gasteiger partial charge is 0.305 e. The fraction of sp³-hybridized carbons (Fsp3) is 0.895. The fourth-order valence-electron chi connectivity index (χ4n) is 2.09. The first-order chi connectivity index (χ1) is 10.9. The molecular formula is C19H36O4. The summed E-state index contributed by atoms with van der Waals surface area (Å²) in [6.07, 6.45) is 8.52. The molecule has 4 nitrogen and oxygen atoms in total. The zero-order valence-electron chi connectivity index (χ0n) is 15.6. The molecule has 0 aliphatic rings. The van der Waals surface area contributed by atoms with Gasteiger partial charge in [-0.05, 0) is 24.7 Å². The summed E-state index contributed by atoms with van der Waals surface area (Å²) < 4.78 is 10.3. The molecule has 0 spiro atoms. The molecule has 0 rings (SSSR count). The average molecular weight is 328 g/mol. The van der Waals surface area contributed by atoms with E-state index in [1.807, 2.05) is 27.7 Å². The largest absolute Gasteiger partial charge is 0.465 e. The first-order valence-corrected chi connectivity index (χ1v) is 9.23. The highest BCUT2D eigenvalue weighted by Gasteiger charge is 2.05. The zero-order valence-corrected chi connectivity index (χ0v) is 15.6. The molecule has 23 heavy (non-hydrogen) atoms. The van der Waals surface area contributed by atoms with E-state index in [0.29, 0.717) is 37.9 Å². The Labute approximate surface area is 142 Å². The summed E-state index contributed by atoms with van der Waals surface area (Å²) in [5.41, 5.74) is 0. The minimum absolute atomic E-state index is 0.0707. The SMILES string of the molecule is CC(C)COC(=O)CCCCCCCCCC(=O)OCC(C)C. The second kappa shape index (κ2) is 14.5. The number of unbranched alkanes of at least 4 members (excludes halogenated alkanes) is 6. The van der Waals surface area contributed by atoms with Gasteiger partial charge in [0.1, 0.15) is 0 Å². The average Bonchev–Trinajstić information content (AvgIpc) is 2.49. The van der Waals surface area contributed by atoms with Gasteiger partial charge >= 0.3 is 11.9 Å². The monoisotopic (exact) mass is 328 g/mol. The Bertz CT molecular complexity index is 280. The fourth-order valence-corrected chi connectivity index (χ4v) is 2.09. The molecule has 0 amide bonds. The maximum absolute atomic E-state index is 11.4. The first kappa shape index (κ1) is 21.9. The summed E-state index contributed by atoms with van der Waals surface area (Å²) in [7, 11) is 0. The van der Waals surface area contributed by atoms with Crippen molar-refractivity contribution < 1.29 is 19.1 Å². The second-order valence-electron chi connectivity index (χ2n) is 7.13. The van der Waals surface area contributed by atoms with E-state index < -0.39 is 0 Å². The van der Waals surface area contributed by atoms with Crippen molar-refractivity contribution in [3.05, 3.63) is 0 Å². The maximum atomic E-state index is 11.4. The molecule has 0 N–H and O–H groups in total. The summed E-state index contributed by atoms with van der Waals surface area (Å²) in [5, 5.41) is 0. The van der Waals surface area contributed by atoms with Crippen LogP contribution in [0.4, 0.5) is 0 Å². The van der Waals surface area contributed by atoms with Gasteiger partial charge in [0, 0.05) is 12.8 Å². The van der Waals surface area contributed by atoms with Gasteiger partial charge in [0.05, 0.1) is 13.2 Å². The number of hydrogen-bond acceptors (Lipinski definition) is 4. The lowest BCUT2D eigenvalue weighted by atomic mass is 10.1. The van der Waals surface area contributed by atoms with Crippen LogP contribution < -0.4 is 0 Å². The van der Waals surface area contributed by atoms with Crippen molar-refractivity contribution in [3.8, 4) is 0 Å². The predicted molar refractivity (Wildman–Crippen MR) is 93.1 cm³/mol. The molecule has 0 fully saturated rings. The van der Waals surface area contributed by atoms with Crippen molar-refractivity contribution in [3.63, 3.8) is 0 Å². The summed E-state index contributed by atoms with van der Waals surface area (Å²) in [5.74, 6) is 0.667. The topological polar surface area (TPSA) is 52.6 Å². The van der Waals surface area contributed by atoms with Crippen LogP contribution in [0.1, 0.15) is 85.5 Å². The van der Waals surface area contributed by atoms with Crippen LogP contribution in [-0.4, -0.2) is 25.2 Å². The van der Waals surface area contributed by atoms with Crippen molar-refractivity contribution in [1.29, 1.82) is 0 Å². The van der Waals surface area contributed by atoms with Gasteiger partial charge in [0.2, 0.25) is 0 Å². The molecule has 0 aromatic rings. The van der Waals surface area contributed by atoms with Crippen LogP contribution in [0.3, 0.4) is 0 Å². The standard InChI is InChI=1S/C19H36O4/c1-16(2)14-22-18(20)12-10-8-6-5-7-9-11-13-19(21)23-15-17(3)4/h16-17H,5-15H2,1-4H3. The Kier molecular flexibility index (Phi) is 13.9. The highest BCUT2D eigenvalue weighted by molar-refractivity contribution is 5.69. The highest BCUT2D eigenvalue weighted by Crippen LogP contribution is 2.11. The Morgan fingerprint density at radius 2 is 0.913 bits per heavy atom. The normalized spacial score (nSPS) is 11.0. The second-order valence-corrected chi connectivity index (χ2v) is 7.13. The van der Waals surface area contributed by atoms with E-state index in [2.05, 4.69) is 0 Å². The van der Waals surface area contributed by atoms with Gasteiger partial charge < -0.3 is 9.47 Å². The molecule has 0 aromatic carbocycles. The van der Waals surface area contributed by atoms with Crippen LogP contribution in [0.5, 0.6) is 0 Å². The van der Waals surface area contributed by atoms with Gasteiger partial charge in [-0.3, -0.25) is 9.59 Å². The molecule has 0 saturated heterocycles. The van der Waals surface area contributed by atoms with Crippen molar-refractivity contribution in [2.75, 3.05) is 13.2 Å². The van der Waals surface area contributed by atoms with Crippen molar-refractivity contribution in [2.24, 2.45) is 11.8 Å². The molecule has 0 heterocycles. The van der Waals surface area contributed by atoms with E-state index in [1.54, 1.807) is 0 Å². The van der Waals surface area contributed by atoms with Crippen molar-refractivity contribution in [2.45, 2.75) is 85.5 Å². The van der Waals surface area contributed by atoms with Gasteiger partial charge in [0.25, 0.3) is 0 Å². The van der Waals surface area contributed by atoms with Crippen LogP contribution in [0.2, 0.25) is 0 Å². The lowest BCUT2D eigenvalue weighted by Gasteiger charge is -2.07. The van der Waals surface area contributed by atoms with Gasteiger partial charge in [-0.1, -0.05) is 59.8 Å². The van der Waals surface area contributed by atoms with Crippen LogP contribution >= 0.6 is 0 Å². The van der Waals surface area contributed by atoms with Gasteiger partial charge in [-0.2, -0.15) is 0 Å². The molecule has 0 bridgehead atoms. The van der Waals surface area contributed by atoms with Crippen molar-refractivity contribution >= 4 is 11.9 Å². The first-order valence-electron chi connectivity index (χ1n) is 9.23. The quantitative estimate of drug-likeness (QED) is 0.336. The number of rotatable bonds is 14. The number of esters is 2. The van der Waals surface area contributed by atoms with E-state index in [9.17, 15) is 9.59 Å². The highest BCUT2D eigenvalue weighted by atomic mass is 16.5. The molecule has 0 saturated carbocycles. The van der Waals surface area contributed by atoms with E-state index in [1.165, 1.54) is 6.42 Å². The zero-order chi connectivity index (χ0) is 17.5.